The molecule has 126 valence electrons. The lowest BCUT2D eigenvalue weighted by Crippen LogP contribution is -2.47. The summed E-state index contributed by atoms with van der Waals surface area (Å²) < 4.78 is 5.93. The van der Waals surface area contributed by atoms with Crippen molar-refractivity contribution in [3.8, 4) is 17.0 Å². The first-order valence-corrected chi connectivity index (χ1v) is 9.19. The number of nitrogens with zero attached hydrogens (tertiary/aromatic N) is 2. The first kappa shape index (κ1) is 15.3. The van der Waals surface area contributed by atoms with E-state index in [1.807, 2.05) is 12.1 Å². The van der Waals surface area contributed by atoms with Crippen molar-refractivity contribution < 1.29 is 4.74 Å². The highest BCUT2D eigenvalue weighted by Gasteiger charge is 2.35. The van der Waals surface area contributed by atoms with Gasteiger partial charge < -0.3 is 15.0 Å². The number of fused-ring (bicyclic) bond motifs is 5. The number of pyridine rings is 1. The Morgan fingerprint density at radius 3 is 2.68 bits per heavy atom. The summed E-state index contributed by atoms with van der Waals surface area (Å²) in [5.74, 6) is 1.74. The van der Waals surface area contributed by atoms with Crippen molar-refractivity contribution in [2.75, 3.05) is 11.9 Å². The Balaban J connectivity index is 1.44. The third kappa shape index (κ3) is 2.61. The van der Waals surface area contributed by atoms with Crippen LogP contribution in [0.4, 0.5) is 5.82 Å². The molecule has 1 N–H and O–H groups in total. The number of nitrogens with one attached hydrogen (secondary N) is 1. The molecule has 0 aliphatic carbocycles. The van der Waals surface area contributed by atoms with Gasteiger partial charge in [0.05, 0.1) is 0 Å². The van der Waals surface area contributed by atoms with Gasteiger partial charge >= 0.3 is 0 Å². The molecule has 2 unspecified atom stereocenters. The lowest BCUT2D eigenvalue weighted by atomic mass is 9.89. The summed E-state index contributed by atoms with van der Waals surface area (Å²) >= 11 is 0. The molecular weight excluding hydrogens is 309 g/mol. The van der Waals surface area contributed by atoms with Gasteiger partial charge in [0, 0.05) is 30.7 Å². The van der Waals surface area contributed by atoms with Crippen LogP contribution in [0, 0.1) is 0 Å². The SMILES string of the molecule is [B]c1ccc2c(c1)COc1nc(N(C)C3CC4CCC(C3)N4)ccc1-2. The predicted octanol–water partition coefficient (Wildman–Crippen LogP) is 2.15. The molecule has 0 amide bonds. The molecule has 2 saturated heterocycles. The molecule has 2 bridgehead atoms. The third-order valence-corrected chi connectivity index (χ3v) is 5.99. The first-order chi connectivity index (χ1) is 12.2. The van der Waals surface area contributed by atoms with Gasteiger partial charge in [-0.3, -0.25) is 0 Å². The standard InChI is InChI=1S/C20H22BN3O/c1-24(16-9-14-3-4-15(10-16)22-14)19-7-6-18-17-5-2-13(21)8-12(17)11-25-20(18)23-19/h2,5-8,14-16,22H,3-4,9-11H2,1H3. The number of rotatable bonds is 2. The zero-order chi connectivity index (χ0) is 17.0. The Morgan fingerprint density at radius 1 is 1.12 bits per heavy atom. The fourth-order valence-corrected chi connectivity index (χ4v) is 4.61. The fourth-order valence-electron chi connectivity index (χ4n) is 4.61. The fraction of sp³-hybridized carbons (Fsp3) is 0.450. The van der Waals surface area contributed by atoms with E-state index in [1.54, 1.807) is 0 Å². The van der Waals surface area contributed by atoms with E-state index in [0.29, 0.717) is 24.7 Å². The molecule has 3 aliphatic rings. The topological polar surface area (TPSA) is 37.4 Å². The molecule has 2 radical (unpaired) electrons. The maximum absolute atomic E-state index is 5.93. The molecule has 2 aromatic rings. The number of aromatic nitrogens is 1. The van der Waals surface area contributed by atoms with Gasteiger partial charge in [-0.25, -0.2) is 0 Å². The summed E-state index contributed by atoms with van der Waals surface area (Å²) in [5.41, 5.74) is 4.14. The van der Waals surface area contributed by atoms with Crippen LogP contribution >= 0.6 is 0 Å². The van der Waals surface area contributed by atoms with E-state index >= 15 is 0 Å². The van der Waals surface area contributed by atoms with E-state index in [9.17, 15) is 0 Å². The minimum absolute atomic E-state index is 0.533. The molecule has 0 saturated carbocycles. The number of ether oxygens (including phenoxy) is 1. The van der Waals surface area contributed by atoms with Gasteiger partial charge in [0.15, 0.2) is 0 Å². The van der Waals surface area contributed by atoms with Gasteiger partial charge in [0.25, 0.3) is 0 Å². The highest BCUT2D eigenvalue weighted by Crippen LogP contribution is 2.38. The maximum Gasteiger partial charge on any atom is 0.223 e. The van der Waals surface area contributed by atoms with Crippen molar-refractivity contribution >= 4 is 19.1 Å². The first-order valence-electron chi connectivity index (χ1n) is 9.19. The van der Waals surface area contributed by atoms with E-state index in [0.717, 1.165) is 28.3 Å². The van der Waals surface area contributed by atoms with Gasteiger partial charge in [-0.05, 0) is 48.9 Å². The molecule has 5 rings (SSSR count). The summed E-state index contributed by atoms with van der Waals surface area (Å²) in [4.78, 5) is 7.17. The lowest BCUT2D eigenvalue weighted by molar-refractivity contribution is 0.289. The predicted molar refractivity (Wildman–Crippen MR) is 101 cm³/mol. The van der Waals surface area contributed by atoms with Gasteiger partial charge in [-0.15, -0.1) is 0 Å². The smallest absolute Gasteiger partial charge is 0.223 e. The second-order valence-corrected chi connectivity index (χ2v) is 7.60. The van der Waals surface area contributed by atoms with Gasteiger partial charge in [0.1, 0.15) is 20.3 Å². The molecule has 3 aliphatic heterocycles. The number of benzene rings is 1. The van der Waals surface area contributed by atoms with Crippen LogP contribution in [0.5, 0.6) is 5.88 Å². The second-order valence-electron chi connectivity index (χ2n) is 7.60. The van der Waals surface area contributed by atoms with E-state index in [4.69, 9.17) is 17.6 Å². The van der Waals surface area contributed by atoms with Crippen LogP contribution in [0.25, 0.3) is 11.1 Å². The second kappa shape index (κ2) is 5.77. The molecule has 5 heteroatoms. The Labute approximate surface area is 150 Å². The number of piperidine rings is 1. The van der Waals surface area contributed by atoms with Gasteiger partial charge in [-0.1, -0.05) is 23.7 Å². The quantitative estimate of drug-likeness (QED) is 0.856. The minimum atomic E-state index is 0.533. The van der Waals surface area contributed by atoms with Crippen molar-refractivity contribution in [3.63, 3.8) is 0 Å². The summed E-state index contributed by atoms with van der Waals surface area (Å²) in [7, 11) is 8.06. The monoisotopic (exact) mass is 331 g/mol. The molecular formula is C20H22BN3O. The van der Waals surface area contributed by atoms with E-state index in [1.165, 1.54) is 31.2 Å². The van der Waals surface area contributed by atoms with E-state index in [-0.39, 0.29) is 0 Å². The molecule has 2 fully saturated rings. The van der Waals surface area contributed by atoms with Crippen LogP contribution in [0.1, 0.15) is 31.2 Å². The molecule has 0 spiro atoms. The van der Waals surface area contributed by atoms with Crippen LogP contribution in [0.15, 0.2) is 30.3 Å². The highest BCUT2D eigenvalue weighted by molar-refractivity contribution is 6.32. The zero-order valence-electron chi connectivity index (χ0n) is 14.5. The average molecular weight is 331 g/mol. The Bertz CT molecular complexity index is 813. The van der Waals surface area contributed by atoms with Crippen LogP contribution in [0.2, 0.25) is 0 Å². The Morgan fingerprint density at radius 2 is 1.88 bits per heavy atom. The molecule has 25 heavy (non-hydrogen) atoms. The maximum atomic E-state index is 5.93. The number of anilines is 1. The van der Waals surface area contributed by atoms with Gasteiger partial charge in [0.2, 0.25) is 5.88 Å². The van der Waals surface area contributed by atoms with E-state index in [2.05, 4.69) is 35.5 Å². The van der Waals surface area contributed by atoms with Crippen LogP contribution < -0.4 is 20.4 Å². The lowest BCUT2D eigenvalue weighted by Gasteiger charge is -2.36. The van der Waals surface area contributed by atoms with Crippen LogP contribution in [-0.2, 0) is 6.61 Å². The highest BCUT2D eigenvalue weighted by atomic mass is 16.5. The summed E-state index contributed by atoms with van der Waals surface area (Å²) in [6, 6.07) is 12.2. The van der Waals surface area contributed by atoms with Crippen molar-refractivity contribution in [2.45, 2.75) is 50.4 Å². The summed E-state index contributed by atoms with van der Waals surface area (Å²) in [6.07, 6.45) is 5.04. The zero-order valence-corrected chi connectivity index (χ0v) is 14.5. The summed E-state index contributed by atoms with van der Waals surface area (Å²) in [6.45, 7) is 0.533. The summed E-state index contributed by atoms with van der Waals surface area (Å²) in [5, 5.41) is 3.71. The average Bonchev–Trinajstić information content (AvgIpc) is 2.98. The largest absolute Gasteiger partial charge is 0.472 e. The third-order valence-electron chi connectivity index (χ3n) is 5.99. The van der Waals surface area contributed by atoms with Crippen LogP contribution in [0.3, 0.4) is 0 Å². The molecule has 2 atom stereocenters. The molecule has 1 aromatic heterocycles. The number of hydrogen-bond donors (Lipinski definition) is 1. The number of hydrogen-bond acceptors (Lipinski definition) is 4. The normalized spacial score (nSPS) is 26.5. The molecule has 4 heterocycles. The van der Waals surface area contributed by atoms with Crippen molar-refractivity contribution in [3.05, 3.63) is 35.9 Å². The van der Waals surface area contributed by atoms with Crippen molar-refractivity contribution in [1.82, 2.24) is 10.3 Å². The van der Waals surface area contributed by atoms with E-state index < -0.39 is 0 Å². The van der Waals surface area contributed by atoms with Crippen LogP contribution in [-0.4, -0.2) is 38.0 Å². The van der Waals surface area contributed by atoms with Gasteiger partial charge in [-0.2, -0.15) is 4.98 Å². The molecule has 1 aromatic carbocycles. The Hall–Kier alpha value is -2.01. The van der Waals surface area contributed by atoms with Crippen molar-refractivity contribution in [1.29, 1.82) is 0 Å². The minimum Gasteiger partial charge on any atom is -0.472 e. The Kier molecular flexibility index (Phi) is 3.52. The molecule has 4 nitrogen and oxygen atoms in total. The van der Waals surface area contributed by atoms with Crippen molar-refractivity contribution in [2.24, 2.45) is 0 Å².